The molecular weight excluding hydrogens is 283 g/mol. The Morgan fingerprint density at radius 1 is 1.10 bits per heavy atom. The molecule has 1 aromatic rings. The number of nitrogens with zero attached hydrogens (tertiary/aromatic N) is 2. The Bertz CT molecular complexity index is 424. The normalized spacial score (nSPS) is 12.9. The zero-order valence-corrected chi connectivity index (χ0v) is 14.2. The highest BCUT2D eigenvalue weighted by atomic mass is 31.2. The molecule has 0 aliphatic carbocycles. The molecule has 0 bridgehead atoms. The zero-order valence-electron chi connectivity index (χ0n) is 13.3. The van der Waals surface area contributed by atoms with Gasteiger partial charge in [0.05, 0.1) is 25.7 Å². The second-order valence-electron chi connectivity index (χ2n) is 5.31. The summed E-state index contributed by atoms with van der Waals surface area (Å²) in [5.74, 6) is 0. The molecule has 0 aromatic heterocycles. The van der Waals surface area contributed by atoms with E-state index in [0.29, 0.717) is 31.7 Å². The number of nitriles is 1. The van der Waals surface area contributed by atoms with E-state index in [1.54, 1.807) is 0 Å². The average molecular weight is 308 g/mol. The van der Waals surface area contributed by atoms with Crippen LogP contribution in [0.4, 0.5) is 0 Å². The van der Waals surface area contributed by atoms with E-state index in [-0.39, 0.29) is 0 Å². The third-order valence-corrected chi connectivity index (χ3v) is 4.90. The number of hydrogen-bond donors (Lipinski definition) is 0. The van der Waals surface area contributed by atoms with Gasteiger partial charge in [-0.15, -0.1) is 0 Å². The summed E-state index contributed by atoms with van der Waals surface area (Å²) >= 11 is 0. The minimum absolute atomic E-state index is 0.328. The first kappa shape index (κ1) is 18.1. The first-order valence-electron chi connectivity index (χ1n) is 7.31. The Hall–Kier alpha value is -0.980. The third kappa shape index (κ3) is 6.54. The third-order valence-electron chi connectivity index (χ3n) is 2.85. The molecular formula is C16H25N2O2P. The molecule has 0 heterocycles. The summed E-state index contributed by atoms with van der Waals surface area (Å²) in [5.41, 5.74) is 1.13. The summed E-state index contributed by atoms with van der Waals surface area (Å²) in [6.45, 7) is 9.47. The predicted molar refractivity (Wildman–Crippen MR) is 86.4 cm³/mol. The van der Waals surface area contributed by atoms with Crippen LogP contribution in [0.5, 0.6) is 0 Å². The van der Waals surface area contributed by atoms with Crippen molar-refractivity contribution < 1.29 is 9.05 Å². The molecule has 0 amide bonds. The Kier molecular flexibility index (Phi) is 8.49. The minimum atomic E-state index is -1.16. The molecule has 0 saturated carbocycles. The zero-order chi connectivity index (χ0) is 15.7. The second-order valence-corrected chi connectivity index (χ2v) is 6.76. The number of benzene rings is 1. The van der Waals surface area contributed by atoms with Crippen molar-refractivity contribution in [1.29, 1.82) is 5.26 Å². The second kappa shape index (κ2) is 9.87. The van der Waals surface area contributed by atoms with Crippen LogP contribution in [0.3, 0.4) is 0 Å². The maximum absolute atomic E-state index is 8.67. The van der Waals surface area contributed by atoms with Gasteiger partial charge in [0, 0.05) is 12.1 Å². The van der Waals surface area contributed by atoms with Gasteiger partial charge in [0.2, 0.25) is 0 Å². The molecule has 21 heavy (non-hydrogen) atoms. The lowest BCUT2D eigenvalue weighted by atomic mass is 10.2. The monoisotopic (exact) mass is 308 g/mol. The van der Waals surface area contributed by atoms with Gasteiger partial charge < -0.3 is 9.05 Å². The lowest BCUT2D eigenvalue weighted by molar-refractivity contribution is 0.171. The van der Waals surface area contributed by atoms with Gasteiger partial charge in [-0.3, -0.25) is 0 Å². The summed E-state index contributed by atoms with van der Waals surface area (Å²) in [5, 5.41) is 8.67. The molecule has 116 valence electrons. The summed E-state index contributed by atoms with van der Waals surface area (Å²) in [6.07, 6.45) is 0.386. The van der Waals surface area contributed by atoms with E-state index in [1.807, 2.05) is 30.3 Å². The Balaban J connectivity index is 2.68. The fourth-order valence-corrected chi connectivity index (χ4v) is 3.62. The van der Waals surface area contributed by atoms with Gasteiger partial charge in [-0.2, -0.15) is 5.26 Å². The average Bonchev–Trinajstić information content (AvgIpc) is 2.45. The van der Waals surface area contributed by atoms with E-state index in [2.05, 4.69) is 38.4 Å². The summed E-state index contributed by atoms with van der Waals surface area (Å²) in [7, 11) is -1.16. The quantitative estimate of drug-likeness (QED) is 0.498. The highest BCUT2D eigenvalue weighted by molar-refractivity contribution is 7.44. The van der Waals surface area contributed by atoms with E-state index < -0.39 is 8.53 Å². The van der Waals surface area contributed by atoms with Crippen molar-refractivity contribution in [3.05, 3.63) is 35.9 Å². The van der Waals surface area contributed by atoms with Crippen LogP contribution in [0, 0.1) is 11.3 Å². The van der Waals surface area contributed by atoms with E-state index in [9.17, 15) is 0 Å². The van der Waals surface area contributed by atoms with Crippen LogP contribution >= 0.6 is 8.53 Å². The SMILES string of the molecule is CC(C)N(C(C)C)P(OCCC#N)OCc1ccccc1. The Labute approximate surface area is 129 Å². The highest BCUT2D eigenvalue weighted by Crippen LogP contribution is 2.46. The van der Waals surface area contributed by atoms with Crippen LogP contribution in [0.15, 0.2) is 30.3 Å². The van der Waals surface area contributed by atoms with Crippen molar-refractivity contribution in [3.63, 3.8) is 0 Å². The first-order chi connectivity index (χ1) is 10.1. The first-order valence-corrected chi connectivity index (χ1v) is 8.44. The molecule has 0 fully saturated rings. The molecule has 4 nitrogen and oxygen atoms in total. The molecule has 0 saturated heterocycles. The van der Waals surface area contributed by atoms with Crippen LogP contribution in [-0.4, -0.2) is 23.4 Å². The fraction of sp³-hybridized carbons (Fsp3) is 0.562. The van der Waals surface area contributed by atoms with Crippen LogP contribution in [0.2, 0.25) is 0 Å². The van der Waals surface area contributed by atoms with Gasteiger partial charge in [-0.25, -0.2) is 4.67 Å². The Morgan fingerprint density at radius 3 is 2.24 bits per heavy atom. The molecule has 1 aromatic carbocycles. The molecule has 1 rings (SSSR count). The molecule has 0 spiro atoms. The van der Waals surface area contributed by atoms with E-state index in [0.717, 1.165) is 5.56 Å². The van der Waals surface area contributed by atoms with Crippen LogP contribution in [-0.2, 0) is 15.7 Å². The molecule has 0 N–H and O–H groups in total. The van der Waals surface area contributed by atoms with Crippen LogP contribution < -0.4 is 0 Å². The lowest BCUT2D eigenvalue weighted by Crippen LogP contribution is -2.33. The summed E-state index contributed by atoms with van der Waals surface area (Å²) < 4.78 is 14.1. The van der Waals surface area contributed by atoms with Crippen molar-refractivity contribution in [2.24, 2.45) is 0 Å². The molecule has 1 atom stereocenters. The standard InChI is InChI=1S/C16H25N2O2P/c1-14(2)18(15(3)4)21(19-12-8-11-17)20-13-16-9-6-5-7-10-16/h5-7,9-10,14-15H,8,12-13H2,1-4H3. The maximum Gasteiger partial charge on any atom is 0.259 e. The fourth-order valence-electron chi connectivity index (χ4n) is 2.02. The minimum Gasteiger partial charge on any atom is -0.321 e. The van der Waals surface area contributed by atoms with Crippen molar-refractivity contribution in [2.75, 3.05) is 6.61 Å². The van der Waals surface area contributed by atoms with E-state index in [1.165, 1.54) is 0 Å². The molecule has 0 aliphatic rings. The van der Waals surface area contributed by atoms with Crippen molar-refractivity contribution >= 4 is 8.53 Å². The largest absolute Gasteiger partial charge is 0.321 e. The number of rotatable bonds is 9. The van der Waals surface area contributed by atoms with Gasteiger partial charge in [0.1, 0.15) is 0 Å². The van der Waals surface area contributed by atoms with Crippen LogP contribution in [0.1, 0.15) is 39.7 Å². The van der Waals surface area contributed by atoms with Crippen LogP contribution in [0.25, 0.3) is 0 Å². The van der Waals surface area contributed by atoms with Crippen molar-refractivity contribution in [1.82, 2.24) is 4.67 Å². The summed E-state index contributed by atoms with van der Waals surface area (Å²) in [6, 6.07) is 12.8. The topological polar surface area (TPSA) is 45.5 Å². The maximum atomic E-state index is 8.67. The van der Waals surface area contributed by atoms with Gasteiger partial charge >= 0.3 is 0 Å². The molecule has 0 aliphatic heterocycles. The van der Waals surface area contributed by atoms with Crippen molar-refractivity contribution in [3.8, 4) is 6.07 Å². The molecule has 0 radical (unpaired) electrons. The predicted octanol–water partition coefficient (Wildman–Crippen LogP) is 4.48. The lowest BCUT2D eigenvalue weighted by Gasteiger charge is -2.35. The highest BCUT2D eigenvalue weighted by Gasteiger charge is 2.27. The van der Waals surface area contributed by atoms with Gasteiger partial charge in [-0.1, -0.05) is 30.3 Å². The van der Waals surface area contributed by atoms with Gasteiger partial charge in [-0.05, 0) is 33.3 Å². The van der Waals surface area contributed by atoms with Gasteiger partial charge in [0.15, 0.2) is 0 Å². The number of hydrogen-bond acceptors (Lipinski definition) is 4. The summed E-state index contributed by atoms with van der Waals surface area (Å²) in [4.78, 5) is 0. The van der Waals surface area contributed by atoms with E-state index in [4.69, 9.17) is 14.3 Å². The Morgan fingerprint density at radius 2 is 1.71 bits per heavy atom. The van der Waals surface area contributed by atoms with Crippen molar-refractivity contribution in [2.45, 2.75) is 52.8 Å². The molecule has 5 heteroatoms. The molecule has 1 unspecified atom stereocenters. The van der Waals surface area contributed by atoms with Gasteiger partial charge in [0.25, 0.3) is 8.53 Å². The van der Waals surface area contributed by atoms with E-state index >= 15 is 0 Å². The smallest absolute Gasteiger partial charge is 0.259 e.